The molecule has 0 bridgehead atoms. The van der Waals surface area contributed by atoms with Gasteiger partial charge in [0.2, 0.25) is 0 Å². The fourth-order valence-corrected chi connectivity index (χ4v) is 3.37. The van der Waals surface area contributed by atoms with Crippen LogP contribution >= 0.6 is 0 Å². The van der Waals surface area contributed by atoms with Gasteiger partial charge in [-0.25, -0.2) is 0 Å². The molecule has 27 heavy (non-hydrogen) atoms. The number of hydrogen-bond acceptors (Lipinski definition) is 5. The molecule has 1 N–H and O–H groups in total. The Morgan fingerprint density at radius 2 is 1.67 bits per heavy atom. The van der Waals surface area contributed by atoms with Crippen LogP contribution in [-0.2, 0) is 6.54 Å². The first-order valence-electron chi connectivity index (χ1n) is 9.15. The maximum absolute atomic E-state index is 12.5. The number of hydrogen-bond donors (Lipinski definition) is 1. The van der Waals surface area contributed by atoms with Crippen LogP contribution in [0.1, 0.15) is 28.8 Å². The molecule has 1 amide bonds. The van der Waals surface area contributed by atoms with Gasteiger partial charge in [0, 0.05) is 49.3 Å². The highest BCUT2D eigenvalue weighted by Crippen LogP contribution is 2.15. The molecule has 0 radical (unpaired) electrons. The number of carbonyl (C=O) groups is 1. The molecular formula is C20H22N6O. The molecule has 1 fully saturated rings. The van der Waals surface area contributed by atoms with Crippen molar-refractivity contribution >= 4 is 5.91 Å². The predicted octanol–water partition coefficient (Wildman–Crippen LogP) is 2.06. The molecule has 0 aliphatic carbocycles. The van der Waals surface area contributed by atoms with Crippen LogP contribution in [-0.4, -0.2) is 49.7 Å². The second kappa shape index (κ2) is 8.09. The molecule has 0 spiro atoms. The molecule has 0 saturated carbocycles. The minimum absolute atomic E-state index is 0.0158. The first-order valence-corrected chi connectivity index (χ1v) is 9.15. The standard InChI is InChI=1S/C20H22N6O/c27-20(17-1-3-19(4-2-17)26-14-22-23-15-26)24-18-7-11-25(12-8-18)13-16-5-9-21-10-6-16/h1-6,9-10,14-15,18H,7-8,11-13H2,(H,24,27). The molecule has 1 aliphatic heterocycles. The van der Waals surface area contributed by atoms with Gasteiger partial charge in [0.15, 0.2) is 0 Å². The first kappa shape index (κ1) is 17.4. The number of benzene rings is 1. The van der Waals surface area contributed by atoms with E-state index in [4.69, 9.17) is 0 Å². The monoisotopic (exact) mass is 362 g/mol. The number of piperidine rings is 1. The van der Waals surface area contributed by atoms with E-state index in [9.17, 15) is 4.79 Å². The molecule has 1 aliphatic rings. The summed E-state index contributed by atoms with van der Waals surface area (Å²) in [4.78, 5) is 19.0. The largest absolute Gasteiger partial charge is 0.349 e. The molecule has 0 atom stereocenters. The van der Waals surface area contributed by atoms with E-state index in [-0.39, 0.29) is 11.9 Å². The number of amides is 1. The maximum atomic E-state index is 12.5. The molecule has 2 aromatic heterocycles. The summed E-state index contributed by atoms with van der Waals surface area (Å²) < 4.78 is 1.81. The molecule has 3 heterocycles. The summed E-state index contributed by atoms with van der Waals surface area (Å²) in [5, 5.41) is 10.8. The van der Waals surface area contributed by atoms with Gasteiger partial charge in [-0.15, -0.1) is 10.2 Å². The summed E-state index contributed by atoms with van der Waals surface area (Å²) in [6.45, 7) is 2.91. The highest BCUT2D eigenvalue weighted by molar-refractivity contribution is 5.94. The number of nitrogens with one attached hydrogen (secondary N) is 1. The van der Waals surface area contributed by atoms with Crippen LogP contribution in [0.15, 0.2) is 61.4 Å². The van der Waals surface area contributed by atoms with Crippen LogP contribution in [0.5, 0.6) is 0 Å². The molecule has 0 unspecified atom stereocenters. The van der Waals surface area contributed by atoms with Crippen LogP contribution in [0, 0.1) is 0 Å². The van der Waals surface area contributed by atoms with Crippen molar-refractivity contribution in [2.24, 2.45) is 0 Å². The second-order valence-electron chi connectivity index (χ2n) is 6.80. The average Bonchev–Trinajstić information content (AvgIpc) is 3.25. The zero-order valence-corrected chi connectivity index (χ0v) is 15.0. The molecule has 7 heteroatoms. The van der Waals surface area contributed by atoms with Crippen molar-refractivity contribution in [2.75, 3.05) is 13.1 Å². The molecule has 4 rings (SSSR count). The van der Waals surface area contributed by atoms with Crippen molar-refractivity contribution in [3.8, 4) is 5.69 Å². The smallest absolute Gasteiger partial charge is 0.251 e. The topological polar surface area (TPSA) is 75.9 Å². The molecule has 1 saturated heterocycles. The van der Waals surface area contributed by atoms with Gasteiger partial charge in [0.25, 0.3) is 5.91 Å². The number of carbonyl (C=O) groups excluding carboxylic acids is 1. The first-order chi connectivity index (χ1) is 13.3. The van der Waals surface area contributed by atoms with Gasteiger partial charge < -0.3 is 5.32 Å². The van der Waals surface area contributed by atoms with Crippen LogP contribution in [0.2, 0.25) is 0 Å². The number of likely N-dealkylation sites (tertiary alicyclic amines) is 1. The number of nitrogens with zero attached hydrogens (tertiary/aromatic N) is 5. The van der Waals surface area contributed by atoms with Crippen molar-refractivity contribution in [2.45, 2.75) is 25.4 Å². The zero-order chi connectivity index (χ0) is 18.5. The van der Waals surface area contributed by atoms with E-state index >= 15 is 0 Å². The average molecular weight is 362 g/mol. The molecule has 1 aromatic carbocycles. The van der Waals surface area contributed by atoms with Crippen molar-refractivity contribution in [1.29, 1.82) is 0 Å². The zero-order valence-electron chi connectivity index (χ0n) is 15.0. The number of rotatable bonds is 5. The van der Waals surface area contributed by atoms with Gasteiger partial charge in [-0.2, -0.15) is 0 Å². The van der Waals surface area contributed by atoms with E-state index in [1.54, 1.807) is 17.2 Å². The normalized spacial score (nSPS) is 15.6. The van der Waals surface area contributed by atoms with Crippen molar-refractivity contribution in [3.05, 3.63) is 72.6 Å². The minimum atomic E-state index is -0.0158. The minimum Gasteiger partial charge on any atom is -0.349 e. The lowest BCUT2D eigenvalue weighted by atomic mass is 10.0. The van der Waals surface area contributed by atoms with Crippen LogP contribution in [0.25, 0.3) is 5.69 Å². The van der Waals surface area contributed by atoms with Crippen LogP contribution in [0.4, 0.5) is 0 Å². The SMILES string of the molecule is O=C(NC1CCN(Cc2ccncc2)CC1)c1ccc(-n2cnnc2)cc1. The van der Waals surface area contributed by atoms with Gasteiger partial charge >= 0.3 is 0 Å². The summed E-state index contributed by atoms with van der Waals surface area (Å²) in [7, 11) is 0. The Labute approximate surface area is 158 Å². The van der Waals surface area contributed by atoms with Gasteiger partial charge in [-0.3, -0.25) is 19.2 Å². The summed E-state index contributed by atoms with van der Waals surface area (Å²) in [6.07, 6.45) is 8.86. The van der Waals surface area contributed by atoms with Crippen molar-refractivity contribution in [1.82, 2.24) is 30.0 Å². The number of aromatic nitrogens is 4. The Balaban J connectivity index is 1.28. The lowest BCUT2D eigenvalue weighted by molar-refractivity contribution is 0.0909. The van der Waals surface area contributed by atoms with Gasteiger partial charge in [-0.1, -0.05) is 0 Å². The molecule has 3 aromatic rings. The molecule has 138 valence electrons. The van der Waals surface area contributed by atoms with Crippen LogP contribution in [0.3, 0.4) is 0 Å². The van der Waals surface area contributed by atoms with E-state index in [1.807, 2.05) is 36.7 Å². The maximum Gasteiger partial charge on any atom is 0.251 e. The summed E-state index contributed by atoms with van der Waals surface area (Å²) >= 11 is 0. The number of pyridine rings is 1. The van der Waals surface area contributed by atoms with Gasteiger partial charge in [0.05, 0.1) is 0 Å². The molecule has 7 nitrogen and oxygen atoms in total. The van der Waals surface area contributed by atoms with E-state index in [2.05, 4.69) is 37.5 Å². The fraction of sp³-hybridized carbons (Fsp3) is 0.300. The summed E-state index contributed by atoms with van der Waals surface area (Å²) in [5.74, 6) is -0.0158. The van der Waals surface area contributed by atoms with Crippen LogP contribution < -0.4 is 5.32 Å². The highest BCUT2D eigenvalue weighted by Gasteiger charge is 2.21. The van der Waals surface area contributed by atoms with Crippen molar-refractivity contribution < 1.29 is 4.79 Å². The molecular weight excluding hydrogens is 340 g/mol. The van der Waals surface area contributed by atoms with Gasteiger partial charge in [-0.05, 0) is 54.8 Å². The highest BCUT2D eigenvalue weighted by atomic mass is 16.1. The fourth-order valence-electron chi connectivity index (χ4n) is 3.37. The lowest BCUT2D eigenvalue weighted by Gasteiger charge is -2.32. The summed E-state index contributed by atoms with van der Waals surface area (Å²) in [5.41, 5.74) is 2.88. The Bertz CT molecular complexity index is 855. The van der Waals surface area contributed by atoms with Crippen molar-refractivity contribution in [3.63, 3.8) is 0 Å². The quantitative estimate of drug-likeness (QED) is 0.752. The van der Waals surface area contributed by atoms with E-state index in [0.717, 1.165) is 38.2 Å². The Hall–Kier alpha value is -3.06. The Kier molecular flexibility index (Phi) is 5.20. The van der Waals surface area contributed by atoms with Gasteiger partial charge in [0.1, 0.15) is 12.7 Å². The van der Waals surface area contributed by atoms with E-state index < -0.39 is 0 Å². The Morgan fingerprint density at radius 1 is 1.00 bits per heavy atom. The third kappa shape index (κ3) is 4.38. The van der Waals surface area contributed by atoms with E-state index in [0.29, 0.717) is 5.56 Å². The van der Waals surface area contributed by atoms with E-state index in [1.165, 1.54) is 5.56 Å². The Morgan fingerprint density at radius 3 is 2.33 bits per heavy atom. The summed E-state index contributed by atoms with van der Waals surface area (Å²) in [6, 6.07) is 11.8. The second-order valence-corrected chi connectivity index (χ2v) is 6.80. The third-order valence-electron chi connectivity index (χ3n) is 4.92. The third-order valence-corrected chi connectivity index (χ3v) is 4.92. The lowest BCUT2D eigenvalue weighted by Crippen LogP contribution is -2.44. The predicted molar refractivity (Wildman–Crippen MR) is 101 cm³/mol.